The van der Waals surface area contributed by atoms with E-state index in [1.165, 1.54) is 0 Å². The Kier molecular flexibility index (Phi) is 3.93. The molecule has 0 bridgehead atoms. The van der Waals surface area contributed by atoms with Crippen LogP contribution in [0, 0.1) is 0 Å². The van der Waals surface area contributed by atoms with Crippen molar-refractivity contribution in [2.75, 3.05) is 13.2 Å². The Morgan fingerprint density at radius 3 is 3.06 bits per heavy atom. The van der Waals surface area contributed by atoms with Crippen LogP contribution in [0.25, 0.3) is 0 Å². The van der Waals surface area contributed by atoms with Crippen molar-refractivity contribution in [1.29, 1.82) is 0 Å². The fraction of sp³-hybridized carbons (Fsp3) is 0.417. The van der Waals surface area contributed by atoms with E-state index in [0.29, 0.717) is 23.9 Å². The lowest BCUT2D eigenvalue weighted by Crippen LogP contribution is -2.22. The van der Waals surface area contributed by atoms with Crippen LogP contribution in [0.1, 0.15) is 18.5 Å². The van der Waals surface area contributed by atoms with Crippen LogP contribution in [0.5, 0.6) is 5.75 Å². The Balaban J connectivity index is 2.02. The van der Waals surface area contributed by atoms with Crippen molar-refractivity contribution < 1.29 is 14.3 Å². The molecule has 3 N–H and O–H groups in total. The van der Waals surface area contributed by atoms with Crippen LogP contribution in [0.3, 0.4) is 0 Å². The molecule has 2 rings (SSSR count). The second kappa shape index (κ2) is 5.46. The summed E-state index contributed by atoms with van der Waals surface area (Å²) in [6.07, 6.45) is -0.679. The second-order valence-corrected chi connectivity index (χ2v) is 4.63. The summed E-state index contributed by atoms with van der Waals surface area (Å²) < 4.78 is 10.6. The predicted molar refractivity (Wildman–Crippen MR) is 67.8 cm³/mol. The largest absolute Gasteiger partial charge is 0.489 e. The maximum Gasteiger partial charge on any atom is 0.407 e. The Morgan fingerprint density at radius 2 is 2.44 bits per heavy atom. The summed E-state index contributed by atoms with van der Waals surface area (Å²) in [5.74, 6) is 0.664. The Bertz CT molecular complexity index is 451. The van der Waals surface area contributed by atoms with Gasteiger partial charge >= 0.3 is 6.09 Å². The predicted octanol–water partition coefficient (Wildman–Crippen LogP) is 1.85. The molecule has 1 fully saturated rings. The molecule has 1 heterocycles. The number of amides is 1. The molecule has 1 aromatic rings. The molecular weight excluding hydrogens is 256 g/mol. The minimum Gasteiger partial charge on any atom is -0.489 e. The van der Waals surface area contributed by atoms with E-state index in [0.717, 1.165) is 5.56 Å². The van der Waals surface area contributed by atoms with Gasteiger partial charge < -0.3 is 20.5 Å². The van der Waals surface area contributed by atoms with E-state index in [4.69, 9.17) is 26.8 Å². The third-order valence-electron chi connectivity index (χ3n) is 2.63. The number of alkyl carbamates (subject to hydrolysis) is 1. The lowest BCUT2D eigenvalue weighted by molar-refractivity contribution is 0.104. The average Bonchev–Trinajstić information content (AvgIpc) is 2.73. The molecule has 1 aliphatic heterocycles. The molecule has 1 aliphatic rings. The number of nitrogens with one attached hydrogen (secondary N) is 1. The molecule has 0 radical (unpaired) electrons. The smallest absolute Gasteiger partial charge is 0.407 e. The highest BCUT2D eigenvalue weighted by molar-refractivity contribution is 6.30. The van der Waals surface area contributed by atoms with Crippen LogP contribution >= 0.6 is 11.6 Å². The molecule has 98 valence electrons. The third-order valence-corrected chi connectivity index (χ3v) is 2.87. The maximum absolute atomic E-state index is 10.9. The van der Waals surface area contributed by atoms with E-state index in [1.54, 1.807) is 18.2 Å². The summed E-state index contributed by atoms with van der Waals surface area (Å²) in [6.45, 7) is 2.61. The number of rotatable bonds is 4. The first-order valence-corrected chi connectivity index (χ1v) is 6.06. The van der Waals surface area contributed by atoms with Gasteiger partial charge in [0, 0.05) is 16.6 Å². The molecule has 1 amide bonds. The van der Waals surface area contributed by atoms with Gasteiger partial charge in [-0.2, -0.15) is 0 Å². The number of carbonyl (C=O) groups is 1. The molecule has 1 saturated heterocycles. The maximum atomic E-state index is 10.9. The topological polar surface area (TPSA) is 73.6 Å². The molecule has 2 atom stereocenters. The van der Waals surface area contributed by atoms with Crippen LogP contribution in [0.4, 0.5) is 4.79 Å². The van der Waals surface area contributed by atoms with Crippen molar-refractivity contribution in [2.24, 2.45) is 5.73 Å². The monoisotopic (exact) mass is 270 g/mol. The summed E-state index contributed by atoms with van der Waals surface area (Å²) >= 11 is 5.92. The summed E-state index contributed by atoms with van der Waals surface area (Å²) in [7, 11) is 0. The number of halogens is 1. The molecule has 5 nitrogen and oxygen atoms in total. The van der Waals surface area contributed by atoms with Crippen molar-refractivity contribution in [1.82, 2.24) is 5.32 Å². The van der Waals surface area contributed by atoms with Gasteiger partial charge in [0.2, 0.25) is 0 Å². The Morgan fingerprint density at radius 1 is 1.67 bits per heavy atom. The van der Waals surface area contributed by atoms with E-state index in [-0.39, 0.29) is 12.1 Å². The van der Waals surface area contributed by atoms with E-state index in [2.05, 4.69) is 5.32 Å². The zero-order chi connectivity index (χ0) is 13.1. The zero-order valence-corrected chi connectivity index (χ0v) is 10.7. The van der Waals surface area contributed by atoms with Crippen LogP contribution < -0.4 is 15.8 Å². The van der Waals surface area contributed by atoms with Gasteiger partial charge in [0.25, 0.3) is 0 Å². The van der Waals surface area contributed by atoms with E-state index >= 15 is 0 Å². The zero-order valence-electron chi connectivity index (χ0n) is 9.98. The highest BCUT2D eigenvalue weighted by atomic mass is 35.5. The van der Waals surface area contributed by atoms with Crippen molar-refractivity contribution >= 4 is 17.7 Å². The number of cyclic esters (lactones) is 1. The van der Waals surface area contributed by atoms with Gasteiger partial charge in [0.15, 0.2) is 6.10 Å². The molecule has 0 aliphatic carbocycles. The van der Waals surface area contributed by atoms with Gasteiger partial charge in [-0.3, -0.25) is 0 Å². The minimum absolute atomic E-state index is 0.178. The molecule has 6 heteroatoms. The quantitative estimate of drug-likeness (QED) is 0.876. The molecule has 18 heavy (non-hydrogen) atoms. The van der Waals surface area contributed by atoms with Crippen LogP contribution in [-0.4, -0.2) is 25.3 Å². The van der Waals surface area contributed by atoms with E-state index in [9.17, 15) is 4.79 Å². The number of carbonyl (C=O) groups excluding carboxylic acids is 1. The van der Waals surface area contributed by atoms with Crippen molar-refractivity contribution in [3.05, 3.63) is 28.8 Å². The van der Waals surface area contributed by atoms with Crippen molar-refractivity contribution in [2.45, 2.75) is 19.1 Å². The third kappa shape index (κ3) is 3.05. The average molecular weight is 271 g/mol. The highest BCUT2D eigenvalue weighted by Crippen LogP contribution is 2.27. The van der Waals surface area contributed by atoms with E-state index in [1.807, 2.05) is 6.92 Å². The summed E-state index contributed by atoms with van der Waals surface area (Å²) in [6, 6.07) is 5.11. The summed E-state index contributed by atoms with van der Waals surface area (Å²) in [4.78, 5) is 10.9. The van der Waals surface area contributed by atoms with Crippen LogP contribution in [-0.2, 0) is 4.74 Å². The lowest BCUT2D eigenvalue weighted by Gasteiger charge is -2.16. The fourth-order valence-electron chi connectivity index (χ4n) is 1.71. The molecule has 0 spiro atoms. The Hall–Kier alpha value is -1.46. The first-order chi connectivity index (χ1) is 8.56. The number of nitrogens with two attached hydrogens (primary N) is 1. The SMILES string of the molecule is CC(N)c1cc(Cl)ccc1OCC1CNC(=O)O1. The van der Waals surface area contributed by atoms with Crippen LogP contribution in [0.2, 0.25) is 5.02 Å². The number of hydrogen-bond donors (Lipinski definition) is 2. The number of hydrogen-bond acceptors (Lipinski definition) is 4. The Labute approximate surface area is 110 Å². The summed E-state index contributed by atoms with van der Waals surface area (Å²) in [5.41, 5.74) is 6.69. The number of benzene rings is 1. The van der Waals surface area contributed by atoms with Gasteiger partial charge in [0.1, 0.15) is 12.4 Å². The van der Waals surface area contributed by atoms with Crippen molar-refractivity contribution in [3.8, 4) is 5.75 Å². The summed E-state index contributed by atoms with van der Waals surface area (Å²) in [5, 5.41) is 3.18. The highest BCUT2D eigenvalue weighted by Gasteiger charge is 2.23. The van der Waals surface area contributed by atoms with Gasteiger partial charge in [-0.25, -0.2) is 4.79 Å². The van der Waals surface area contributed by atoms with Gasteiger partial charge in [-0.15, -0.1) is 0 Å². The minimum atomic E-state index is -0.410. The molecule has 0 aromatic heterocycles. The fourth-order valence-corrected chi connectivity index (χ4v) is 1.89. The molecule has 2 unspecified atom stereocenters. The normalized spacial score (nSPS) is 20.2. The second-order valence-electron chi connectivity index (χ2n) is 4.19. The molecule has 0 saturated carbocycles. The van der Waals surface area contributed by atoms with E-state index < -0.39 is 6.09 Å². The molecule has 1 aromatic carbocycles. The van der Waals surface area contributed by atoms with Gasteiger partial charge in [0.05, 0.1) is 6.54 Å². The van der Waals surface area contributed by atoms with Gasteiger partial charge in [-0.05, 0) is 25.1 Å². The molecular formula is C12H15ClN2O3. The van der Waals surface area contributed by atoms with Crippen LogP contribution in [0.15, 0.2) is 18.2 Å². The first kappa shape index (κ1) is 13.0. The van der Waals surface area contributed by atoms with Crippen molar-refractivity contribution in [3.63, 3.8) is 0 Å². The standard InChI is InChI=1S/C12H15ClN2O3/c1-7(14)10-4-8(13)2-3-11(10)17-6-9-5-15-12(16)18-9/h2-4,7,9H,5-6,14H2,1H3,(H,15,16). The lowest BCUT2D eigenvalue weighted by atomic mass is 10.1. The van der Waals surface area contributed by atoms with Gasteiger partial charge in [-0.1, -0.05) is 11.6 Å². The number of ether oxygens (including phenoxy) is 2. The first-order valence-electron chi connectivity index (χ1n) is 5.68.